The van der Waals surface area contributed by atoms with E-state index in [-0.39, 0.29) is 29.0 Å². The number of hydrogen-bond acceptors (Lipinski definition) is 3. The monoisotopic (exact) mass is 478 g/mol. The highest BCUT2D eigenvalue weighted by Gasteiger charge is 2.51. The maximum absolute atomic E-state index is 13.6. The van der Waals surface area contributed by atoms with Crippen LogP contribution >= 0.6 is 0 Å². The van der Waals surface area contributed by atoms with Gasteiger partial charge in [-0.3, -0.25) is 4.79 Å². The van der Waals surface area contributed by atoms with Gasteiger partial charge < -0.3 is 14.9 Å². The Kier molecular flexibility index (Phi) is 9.80. The van der Waals surface area contributed by atoms with E-state index in [4.69, 9.17) is 0 Å². The Hall–Kier alpha value is -2.33. The average Bonchev–Trinajstić information content (AvgIpc) is 3.36. The fraction of sp³-hybridized carbons (Fsp3) is 0.581. The summed E-state index contributed by atoms with van der Waals surface area (Å²) in [6.45, 7) is 16.6. The number of nitrogens with zero attached hydrogens (tertiary/aromatic N) is 2. The van der Waals surface area contributed by atoms with E-state index in [0.717, 1.165) is 50.1 Å². The van der Waals surface area contributed by atoms with Gasteiger partial charge in [-0.05, 0) is 67.1 Å². The predicted octanol–water partition coefficient (Wildman–Crippen LogP) is 7.13. The van der Waals surface area contributed by atoms with Crippen LogP contribution in [-0.2, 0) is 4.79 Å². The number of fused-ring (bicyclic) bond motifs is 1. The Labute approximate surface area is 213 Å². The molecule has 1 amide bonds. The highest BCUT2D eigenvalue weighted by atomic mass is 16.3. The quantitative estimate of drug-likeness (QED) is 0.257. The average molecular weight is 479 g/mol. The topological polar surface area (TPSA) is 43.8 Å². The molecule has 2 unspecified atom stereocenters. The fourth-order valence-electron chi connectivity index (χ4n) is 6.12. The minimum Gasteiger partial charge on any atom is -0.508 e. The lowest BCUT2D eigenvalue weighted by atomic mass is 9.59. The lowest BCUT2D eigenvalue weighted by molar-refractivity contribution is -0.137. The molecule has 0 bridgehead atoms. The largest absolute Gasteiger partial charge is 0.508 e. The molecule has 1 aromatic rings. The third-order valence-corrected chi connectivity index (χ3v) is 8.01. The van der Waals surface area contributed by atoms with E-state index < -0.39 is 0 Å². The van der Waals surface area contributed by atoms with Crippen LogP contribution in [0.1, 0.15) is 89.8 Å². The standard InChI is InChI=1S/C31H46N2O2/c1-6-9-11-12-20-33(29(35)8-3)30-28-22-27(34)17-16-25(28)21-26(15-10-7-2)31(30,24(4)5)23-32-18-13-14-19-32/h7,10,15-17,21-22,24,30,34H,2,6,8-9,11-14,18-20,23H2,1,3-5H3/b15-10-. The number of amides is 1. The SMILES string of the molecule is C=C/C=C\C1=Cc2ccc(O)cc2C(N(CCCCCC)C(=O)CC)C1(CN1CCCC1)C(C)C. The number of rotatable bonds is 12. The molecule has 192 valence electrons. The number of aromatic hydroxyl groups is 1. The second-order valence-corrected chi connectivity index (χ2v) is 10.6. The van der Waals surface area contributed by atoms with Crippen LogP contribution in [0.5, 0.6) is 5.75 Å². The first-order valence-electron chi connectivity index (χ1n) is 13.7. The van der Waals surface area contributed by atoms with Crippen LogP contribution in [-0.4, -0.2) is 47.0 Å². The number of hydrogen-bond donors (Lipinski definition) is 1. The second kappa shape index (κ2) is 12.6. The number of carbonyl (C=O) groups is 1. The highest BCUT2D eigenvalue weighted by molar-refractivity contribution is 5.78. The summed E-state index contributed by atoms with van der Waals surface area (Å²) in [5.41, 5.74) is 3.13. The van der Waals surface area contributed by atoms with E-state index in [9.17, 15) is 9.90 Å². The number of phenols is 1. The van der Waals surface area contributed by atoms with Crippen LogP contribution in [0.15, 0.2) is 48.6 Å². The molecule has 1 heterocycles. The van der Waals surface area contributed by atoms with Crippen molar-refractivity contribution in [3.8, 4) is 5.75 Å². The second-order valence-electron chi connectivity index (χ2n) is 10.6. The number of likely N-dealkylation sites (tertiary alicyclic amines) is 1. The van der Waals surface area contributed by atoms with Gasteiger partial charge in [0.25, 0.3) is 0 Å². The van der Waals surface area contributed by atoms with Gasteiger partial charge >= 0.3 is 0 Å². The van der Waals surface area contributed by atoms with Crippen molar-refractivity contribution in [2.75, 3.05) is 26.2 Å². The van der Waals surface area contributed by atoms with E-state index in [2.05, 4.69) is 49.3 Å². The summed E-state index contributed by atoms with van der Waals surface area (Å²) in [5.74, 6) is 0.745. The summed E-state index contributed by atoms with van der Waals surface area (Å²) in [5, 5.41) is 10.6. The van der Waals surface area contributed by atoms with Gasteiger partial charge in [-0.2, -0.15) is 0 Å². The minimum absolute atomic E-state index is 0.131. The Morgan fingerprint density at radius 2 is 1.97 bits per heavy atom. The van der Waals surface area contributed by atoms with E-state index in [1.807, 2.05) is 31.2 Å². The van der Waals surface area contributed by atoms with Crippen LogP contribution in [0.2, 0.25) is 0 Å². The van der Waals surface area contributed by atoms with Crippen LogP contribution in [0.4, 0.5) is 0 Å². The first kappa shape index (κ1) is 27.3. The third kappa shape index (κ3) is 5.91. The van der Waals surface area contributed by atoms with Gasteiger partial charge in [-0.1, -0.05) is 83.9 Å². The van der Waals surface area contributed by atoms with E-state index in [1.165, 1.54) is 31.3 Å². The molecule has 35 heavy (non-hydrogen) atoms. The number of allylic oxidation sites excluding steroid dienone is 3. The molecule has 1 N–H and O–H groups in total. The zero-order chi connectivity index (χ0) is 25.4. The van der Waals surface area contributed by atoms with E-state index >= 15 is 0 Å². The van der Waals surface area contributed by atoms with Crippen molar-refractivity contribution < 1.29 is 9.90 Å². The summed E-state index contributed by atoms with van der Waals surface area (Å²) in [7, 11) is 0. The predicted molar refractivity (Wildman–Crippen MR) is 147 cm³/mol. The molecule has 4 heteroatoms. The van der Waals surface area contributed by atoms with Crippen molar-refractivity contribution in [3.63, 3.8) is 0 Å². The summed E-state index contributed by atoms with van der Waals surface area (Å²) >= 11 is 0. The van der Waals surface area contributed by atoms with Gasteiger partial charge in [-0.25, -0.2) is 0 Å². The number of unbranched alkanes of at least 4 members (excludes halogenated alkanes) is 3. The van der Waals surface area contributed by atoms with Crippen molar-refractivity contribution in [3.05, 3.63) is 59.7 Å². The molecular weight excluding hydrogens is 432 g/mol. The molecule has 1 aliphatic carbocycles. The van der Waals surface area contributed by atoms with Gasteiger partial charge in [0, 0.05) is 24.9 Å². The lowest BCUT2D eigenvalue weighted by Crippen LogP contribution is -2.54. The van der Waals surface area contributed by atoms with Gasteiger partial charge in [-0.15, -0.1) is 0 Å². The molecule has 0 spiro atoms. The summed E-state index contributed by atoms with van der Waals surface area (Å²) in [6, 6.07) is 5.55. The number of carbonyl (C=O) groups excluding carboxylic acids is 1. The molecule has 1 saturated heterocycles. The van der Waals surface area contributed by atoms with E-state index in [1.54, 1.807) is 6.07 Å². The molecule has 0 radical (unpaired) electrons. The highest BCUT2D eigenvalue weighted by Crippen LogP contribution is 2.55. The molecule has 1 aliphatic heterocycles. The summed E-state index contributed by atoms with van der Waals surface area (Å²) in [6.07, 6.45) is 15.8. The smallest absolute Gasteiger partial charge is 0.222 e. The third-order valence-electron chi connectivity index (χ3n) is 8.01. The van der Waals surface area contributed by atoms with Crippen LogP contribution in [0.25, 0.3) is 6.08 Å². The molecule has 1 aromatic carbocycles. The Balaban J connectivity index is 2.24. The molecule has 2 aliphatic rings. The summed E-state index contributed by atoms with van der Waals surface area (Å²) < 4.78 is 0. The zero-order valence-electron chi connectivity index (χ0n) is 22.4. The zero-order valence-corrected chi connectivity index (χ0v) is 22.4. The molecule has 1 fully saturated rings. The molecule has 0 aromatic heterocycles. The molecule has 0 saturated carbocycles. The molecular formula is C31H46N2O2. The van der Waals surface area contributed by atoms with Crippen molar-refractivity contribution in [2.24, 2.45) is 11.3 Å². The molecule has 4 nitrogen and oxygen atoms in total. The minimum atomic E-state index is -0.291. The van der Waals surface area contributed by atoms with Gasteiger partial charge in [0.1, 0.15) is 5.75 Å². The lowest BCUT2D eigenvalue weighted by Gasteiger charge is -2.53. The number of phenolic OH excluding ortho intramolecular Hbond substituents is 1. The number of benzene rings is 1. The van der Waals surface area contributed by atoms with Gasteiger partial charge in [0.15, 0.2) is 0 Å². The van der Waals surface area contributed by atoms with Gasteiger partial charge in [0.2, 0.25) is 5.91 Å². The normalized spacial score (nSPS) is 22.4. The molecule has 2 atom stereocenters. The maximum Gasteiger partial charge on any atom is 0.222 e. The first-order chi connectivity index (χ1) is 16.9. The van der Waals surface area contributed by atoms with Crippen molar-refractivity contribution in [2.45, 2.75) is 78.7 Å². The Bertz CT molecular complexity index is 926. The van der Waals surface area contributed by atoms with Crippen molar-refractivity contribution >= 4 is 12.0 Å². The van der Waals surface area contributed by atoms with Crippen LogP contribution in [0.3, 0.4) is 0 Å². The van der Waals surface area contributed by atoms with Crippen molar-refractivity contribution in [1.82, 2.24) is 9.80 Å². The van der Waals surface area contributed by atoms with Crippen LogP contribution < -0.4 is 0 Å². The fourth-order valence-corrected chi connectivity index (χ4v) is 6.12. The maximum atomic E-state index is 13.6. The first-order valence-corrected chi connectivity index (χ1v) is 13.7. The van der Waals surface area contributed by atoms with Gasteiger partial charge in [0.05, 0.1) is 6.04 Å². The molecule has 3 rings (SSSR count). The Morgan fingerprint density at radius 1 is 1.23 bits per heavy atom. The van der Waals surface area contributed by atoms with Crippen molar-refractivity contribution in [1.29, 1.82) is 0 Å². The van der Waals surface area contributed by atoms with E-state index in [0.29, 0.717) is 6.42 Å². The summed E-state index contributed by atoms with van der Waals surface area (Å²) in [4.78, 5) is 18.4. The Morgan fingerprint density at radius 3 is 2.60 bits per heavy atom. The van der Waals surface area contributed by atoms with Crippen LogP contribution in [0, 0.1) is 11.3 Å².